The van der Waals surface area contributed by atoms with Gasteiger partial charge in [-0.05, 0) is 36.9 Å². The summed E-state index contributed by atoms with van der Waals surface area (Å²) in [5.41, 5.74) is 1.05. The van der Waals surface area contributed by atoms with Gasteiger partial charge >= 0.3 is 5.97 Å². The Morgan fingerprint density at radius 1 is 1.29 bits per heavy atom. The predicted octanol–water partition coefficient (Wildman–Crippen LogP) is 2.72. The highest BCUT2D eigenvalue weighted by molar-refractivity contribution is 7.98. The van der Waals surface area contributed by atoms with Crippen molar-refractivity contribution in [3.8, 4) is 11.5 Å². The van der Waals surface area contributed by atoms with Crippen molar-refractivity contribution in [3.63, 3.8) is 0 Å². The normalized spacial score (nSPS) is 10.7. The second-order valence-electron chi connectivity index (χ2n) is 4.62. The second-order valence-corrected chi connectivity index (χ2v) is 5.47. The third kappa shape index (κ3) is 5.13. The number of carboxylic acids is 1. The third-order valence-corrected chi connectivity index (χ3v) is 3.90. The van der Waals surface area contributed by atoms with Crippen LogP contribution in [0.3, 0.4) is 0 Å². The van der Waals surface area contributed by atoms with Gasteiger partial charge in [-0.2, -0.15) is 0 Å². The van der Waals surface area contributed by atoms with Crippen LogP contribution < -0.4 is 9.47 Å². The van der Waals surface area contributed by atoms with Crippen molar-refractivity contribution in [1.82, 2.24) is 4.90 Å². The number of nitrogens with zero attached hydrogens (tertiary/aromatic N) is 1. The Morgan fingerprint density at radius 3 is 2.38 bits per heavy atom. The molecule has 6 heteroatoms. The Bertz CT molecular complexity index is 479. The Balaban J connectivity index is 3.05. The molecule has 0 saturated carbocycles. The van der Waals surface area contributed by atoms with Crippen LogP contribution in [0.5, 0.6) is 11.5 Å². The number of carbonyl (C=O) groups is 1. The van der Waals surface area contributed by atoms with Crippen molar-refractivity contribution >= 4 is 17.7 Å². The minimum Gasteiger partial charge on any atom is -0.493 e. The van der Waals surface area contributed by atoms with Crippen LogP contribution in [0.2, 0.25) is 0 Å². The van der Waals surface area contributed by atoms with Gasteiger partial charge in [-0.15, -0.1) is 11.8 Å². The molecule has 0 heterocycles. The minimum absolute atomic E-state index is 0.0377. The van der Waals surface area contributed by atoms with Gasteiger partial charge in [0.15, 0.2) is 11.5 Å². The Kier molecular flexibility index (Phi) is 7.39. The molecule has 0 aliphatic rings. The molecule has 0 aliphatic heterocycles. The lowest BCUT2D eigenvalue weighted by Gasteiger charge is -2.22. The van der Waals surface area contributed by atoms with Crippen LogP contribution in [0.4, 0.5) is 0 Å². The molecule has 0 unspecified atom stereocenters. The van der Waals surface area contributed by atoms with Crippen LogP contribution in [0.15, 0.2) is 17.0 Å². The SMILES string of the molecule is CCCN(CC(=O)O)Cc1cc(OC)c(OC)cc1SC. The molecule has 0 aliphatic carbocycles. The third-order valence-electron chi connectivity index (χ3n) is 3.08. The first kappa shape index (κ1) is 17.7. The Labute approximate surface area is 130 Å². The average molecular weight is 313 g/mol. The van der Waals surface area contributed by atoms with E-state index in [0.717, 1.165) is 23.4 Å². The summed E-state index contributed by atoms with van der Waals surface area (Å²) in [6, 6.07) is 3.86. The van der Waals surface area contributed by atoms with E-state index in [2.05, 4.69) is 0 Å². The molecule has 0 fully saturated rings. The Hall–Kier alpha value is -1.40. The van der Waals surface area contributed by atoms with Crippen LogP contribution in [-0.2, 0) is 11.3 Å². The molecule has 1 aromatic carbocycles. The lowest BCUT2D eigenvalue weighted by molar-refractivity contribution is -0.138. The van der Waals surface area contributed by atoms with Gasteiger partial charge in [-0.1, -0.05) is 6.92 Å². The van der Waals surface area contributed by atoms with E-state index in [1.165, 1.54) is 0 Å². The van der Waals surface area contributed by atoms with Gasteiger partial charge in [0.25, 0.3) is 0 Å². The summed E-state index contributed by atoms with van der Waals surface area (Å²) in [5.74, 6) is 0.539. The van der Waals surface area contributed by atoms with E-state index in [1.54, 1.807) is 26.0 Å². The van der Waals surface area contributed by atoms with Crippen molar-refractivity contribution in [2.45, 2.75) is 24.8 Å². The fourth-order valence-corrected chi connectivity index (χ4v) is 2.79. The average Bonchev–Trinajstić information content (AvgIpc) is 2.46. The second kappa shape index (κ2) is 8.79. The number of hydrogen-bond acceptors (Lipinski definition) is 5. The van der Waals surface area contributed by atoms with Crippen LogP contribution in [-0.4, -0.2) is 49.5 Å². The predicted molar refractivity (Wildman–Crippen MR) is 84.5 cm³/mol. The molecular weight excluding hydrogens is 290 g/mol. The fourth-order valence-electron chi connectivity index (χ4n) is 2.18. The van der Waals surface area contributed by atoms with Crippen LogP contribution in [0.25, 0.3) is 0 Å². The van der Waals surface area contributed by atoms with E-state index >= 15 is 0 Å². The molecule has 0 bridgehead atoms. The van der Waals surface area contributed by atoms with Gasteiger partial charge in [-0.25, -0.2) is 0 Å². The quantitative estimate of drug-likeness (QED) is 0.707. The summed E-state index contributed by atoms with van der Waals surface area (Å²) in [4.78, 5) is 13.9. The molecule has 1 aromatic rings. The van der Waals surface area contributed by atoms with Crippen LogP contribution in [0.1, 0.15) is 18.9 Å². The molecule has 0 atom stereocenters. The largest absolute Gasteiger partial charge is 0.493 e. The topological polar surface area (TPSA) is 59.0 Å². The lowest BCUT2D eigenvalue weighted by Crippen LogP contribution is -2.30. The van der Waals surface area contributed by atoms with E-state index in [1.807, 2.05) is 30.2 Å². The van der Waals surface area contributed by atoms with Gasteiger partial charge in [0.2, 0.25) is 0 Å². The molecule has 0 saturated heterocycles. The van der Waals surface area contributed by atoms with Gasteiger partial charge in [0.1, 0.15) is 0 Å². The molecule has 1 N–H and O–H groups in total. The van der Waals surface area contributed by atoms with Crippen molar-refractivity contribution in [2.24, 2.45) is 0 Å². The van der Waals surface area contributed by atoms with E-state index in [-0.39, 0.29) is 6.54 Å². The van der Waals surface area contributed by atoms with Gasteiger partial charge in [0, 0.05) is 11.4 Å². The number of hydrogen-bond donors (Lipinski definition) is 1. The molecular formula is C15H23NO4S. The summed E-state index contributed by atoms with van der Waals surface area (Å²) in [7, 11) is 3.21. The summed E-state index contributed by atoms with van der Waals surface area (Å²) >= 11 is 1.61. The highest BCUT2D eigenvalue weighted by Gasteiger charge is 2.15. The number of carboxylic acid groups (broad SMARTS) is 1. The fraction of sp³-hybridized carbons (Fsp3) is 0.533. The maximum Gasteiger partial charge on any atom is 0.317 e. The number of aliphatic carboxylic acids is 1. The van der Waals surface area contributed by atoms with E-state index < -0.39 is 5.97 Å². The van der Waals surface area contributed by atoms with E-state index in [0.29, 0.717) is 18.0 Å². The van der Waals surface area contributed by atoms with Crippen LogP contribution >= 0.6 is 11.8 Å². The van der Waals surface area contributed by atoms with E-state index in [9.17, 15) is 4.79 Å². The first-order valence-electron chi connectivity index (χ1n) is 6.78. The number of rotatable bonds is 9. The molecule has 1 rings (SSSR count). The van der Waals surface area contributed by atoms with Crippen molar-refractivity contribution < 1.29 is 19.4 Å². The summed E-state index contributed by atoms with van der Waals surface area (Å²) < 4.78 is 10.6. The van der Waals surface area contributed by atoms with Gasteiger partial charge in [-0.3, -0.25) is 9.69 Å². The summed E-state index contributed by atoms with van der Waals surface area (Å²) in [6.07, 6.45) is 2.90. The zero-order valence-electron chi connectivity index (χ0n) is 13.0. The first-order chi connectivity index (χ1) is 10.0. The summed E-state index contributed by atoms with van der Waals surface area (Å²) in [5, 5.41) is 9.01. The maximum absolute atomic E-state index is 11.0. The number of benzene rings is 1. The van der Waals surface area contributed by atoms with E-state index in [4.69, 9.17) is 14.6 Å². The molecule has 21 heavy (non-hydrogen) atoms. The molecule has 0 amide bonds. The Morgan fingerprint density at radius 2 is 1.90 bits per heavy atom. The highest BCUT2D eigenvalue weighted by Crippen LogP contribution is 2.35. The standard InChI is InChI=1S/C15H23NO4S/c1-5-6-16(10-15(17)18)9-11-7-12(19-2)13(20-3)8-14(11)21-4/h7-8H,5-6,9-10H2,1-4H3,(H,17,18). The van der Waals surface area contributed by atoms with Crippen molar-refractivity contribution in [2.75, 3.05) is 33.6 Å². The lowest BCUT2D eigenvalue weighted by atomic mass is 10.1. The van der Waals surface area contributed by atoms with Gasteiger partial charge in [0.05, 0.1) is 20.8 Å². The zero-order valence-corrected chi connectivity index (χ0v) is 13.8. The summed E-state index contributed by atoms with van der Waals surface area (Å²) in [6.45, 7) is 3.40. The zero-order chi connectivity index (χ0) is 15.8. The highest BCUT2D eigenvalue weighted by atomic mass is 32.2. The smallest absolute Gasteiger partial charge is 0.317 e. The molecule has 5 nitrogen and oxygen atoms in total. The number of methoxy groups -OCH3 is 2. The first-order valence-corrected chi connectivity index (χ1v) is 8.01. The van der Waals surface area contributed by atoms with Crippen molar-refractivity contribution in [3.05, 3.63) is 17.7 Å². The monoisotopic (exact) mass is 313 g/mol. The molecule has 0 aromatic heterocycles. The molecule has 118 valence electrons. The van der Waals surface area contributed by atoms with Gasteiger partial charge < -0.3 is 14.6 Å². The van der Waals surface area contributed by atoms with Crippen LogP contribution in [0, 0.1) is 0 Å². The van der Waals surface area contributed by atoms with Crippen molar-refractivity contribution in [1.29, 1.82) is 0 Å². The minimum atomic E-state index is -0.811. The molecule has 0 spiro atoms. The molecule has 0 radical (unpaired) electrons. The number of ether oxygens (including phenoxy) is 2. The maximum atomic E-state index is 11.0. The number of thioether (sulfide) groups is 1.